The molecule has 2 fully saturated rings. The lowest BCUT2D eigenvalue weighted by atomic mass is 9.97. The summed E-state index contributed by atoms with van der Waals surface area (Å²) >= 11 is 4.69. The highest BCUT2D eigenvalue weighted by molar-refractivity contribution is 7.81. The molecule has 1 aromatic carbocycles. The van der Waals surface area contributed by atoms with Crippen molar-refractivity contribution in [3.8, 4) is 0 Å². The largest absolute Gasteiger partial charge is 0.481 e. The minimum absolute atomic E-state index is 0.00715. The molecule has 0 spiro atoms. The van der Waals surface area contributed by atoms with Crippen LogP contribution in [0.4, 0.5) is 4.39 Å². The van der Waals surface area contributed by atoms with E-state index in [2.05, 4.69) is 12.6 Å². The van der Waals surface area contributed by atoms with Crippen molar-refractivity contribution in [2.75, 3.05) is 52.9 Å². The van der Waals surface area contributed by atoms with Crippen LogP contribution in [-0.4, -0.2) is 95.8 Å². The highest BCUT2D eigenvalue weighted by atomic mass is 32.1. The second kappa shape index (κ2) is 11.6. The zero-order valence-corrected chi connectivity index (χ0v) is 19.5. The highest BCUT2D eigenvalue weighted by Gasteiger charge is 2.34. The van der Waals surface area contributed by atoms with Crippen molar-refractivity contribution in [3.05, 3.63) is 47.3 Å². The van der Waals surface area contributed by atoms with Crippen molar-refractivity contribution in [1.29, 1.82) is 0 Å². The van der Waals surface area contributed by atoms with Crippen molar-refractivity contribution < 1.29 is 28.6 Å². The number of esters is 1. The molecule has 2 aliphatic rings. The molecule has 2 saturated heterocycles. The minimum atomic E-state index is -0.919. The van der Waals surface area contributed by atoms with E-state index in [0.29, 0.717) is 39.1 Å². The molecule has 0 radical (unpaired) electrons. The van der Waals surface area contributed by atoms with Gasteiger partial charge in [-0.15, -0.1) is 0 Å². The number of rotatable bonds is 8. The van der Waals surface area contributed by atoms with Crippen molar-refractivity contribution in [2.24, 2.45) is 0 Å². The first-order valence-electron chi connectivity index (χ1n) is 11.0. The van der Waals surface area contributed by atoms with Crippen LogP contribution in [0.3, 0.4) is 0 Å². The number of thiol groups is 1. The number of piperazine rings is 1. The molecular formula is C23H30FN3O5S. The second-order valence-corrected chi connectivity index (χ2v) is 8.88. The Hall–Kier alpha value is -2.43. The van der Waals surface area contributed by atoms with Gasteiger partial charge in [0, 0.05) is 50.1 Å². The molecule has 3 rings (SSSR count). The first-order valence-corrected chi connectivity index (χ1v) is 11.5. The molecule has 8 nitrogen and oxygen atoms in total. The van der Waals surface area contributed by atoms with Crippen LogP contribution in [0.15, 0.2) is 35.9 Å². The van der Waals surface area contributed by atoms with E-state index in [1.54, 1.807) is 23.1 Å². The van der Waals surface area contributed by atoms with E-state index in [1.807, 2.05) is 15.9 Å². The Bertz CT molecular complexity index is 912. The predicted molar refractivity (Wildman–Crippen MR) is 123 cm³/mol. The summed E-state index contributed by atoms with van der Waals surface area (Å²) in [5.41, 5.74) is 1.29. The summed E-state index contributed by atoms with van der Waals surface area (Å²) < 4.78 is 19.5. The Labute approximate surface area is 198 Å². The minimum Gasteiger partial charge on any atom is -0.481 e. The van der Waals surface area contributed by atoms with Crippen molar-refractivity contribution in [3.63, 3.8) is 0 Å². The number of methoxy groups -OCH3 is 1. The molecule has 0 aromatic heterocycles. The maximum absolute atomic E-state index is 14.5. The molecule has 2 aliphatic heterocycles. The number of hydrogen-bond donors (Lipinski definition) is 2. The third kappa shape index (κ3) is 6.55. The molecule has 1 N–H and O–H groups in total. The second-order valence-electron chi connectivity index (χ2n) is 8.26. The van der Waals surface area contributed by atoms with Crippen LogP contribution in [0, 0.1) is 5.82 Å². The smallest absolute Gasteiger partial charge is 0.327 e. The molecule has 2 heterocycles. The summed E-state index contributed by atoms with van der Waals surface area (Å²) in [6, 6.07) is 5.37. The van der Waals surface area contributed by atoms with Gasteiger partial charge >= 0.3 is 11.9 Å². The van der Waals surface area contributed by atoms with E-state index in [1.165, 1.54) is 13.2 Å². The fourth-order valence-corrected chi connectivity index (χ4v) is 4.52. The van der Waals surface area contributed by atoms with Gasteiger partial charge in [0.05, 0.1) is 20.1 Å². The number of amides is 1. The van der Waals surface area contributed by atoms with Crippen LogP contribution in [0.5, 0.6) is 0 Å². The van der Waals surface area contributed by atoms with Gasteiger partial charge in [0.15, 0.2) is 0 Å². The van der Waals surface area contributed by atoms with Crippen molar-refractivity contribution in [1.82, 2.24) is 14.7 Å². The van der Waals surface area contributed by atoms with Crippen LogP contribution < -0.4 is 0 Å². The lowest BCUT2D eigenvalue weighted by molar-refractivity contribution is -0.147. The summed E-state index contributed by atoms with van der Waals surface area (Å²) in [6.07, 6.45) is 2.66. The molecule has 0 aliphatic carbocycles. The number of aliphatic carboxylic acids is 1. The van der Waals surface area contributed by atoms with Gasteiger partial charge in [-0.25, -0.2) is 9.18 Å². The van der Waals surface area contributed by atoms with E-state index in [-0.39, 0.29) is 36.2 Å². The Morgan fingerprint density at radius 3 is 2.70 bits per heavy atom. The molecule has 10 heteroatoms. The van der Waals surface area contributed by atoms with Gasteiger partial charge in [0.25, 0.3) is 0 Å². The van der Waals surface area contributed by atoms with E-state index < -0.39 is 23.8 Å². The van der Waals surface area contributed by atoms with Crippen LogP contribution in [0.1, 0.15) is 24.4 Å². The molecule has 0 bridgehead atoms. The first-order chi connectivity index (χ1) is 15.8. The van der Waals surface area contributed by atoms with Gasteiger partial charge in [0.1, 0.15) is 11.9 Å². The monoisotopic (exact) mass is 479 g/mol. The number of nitrogens with zero attached hydrogens (tertiary/aromatic N) is 3. The van der Waals surface area contributed by atoms with Gasteiger partial charge in [-0.1, -0.05) is 24.3 Å². The van der Waals surface area contributed by atoms with E-state index in [4.69, 9.17) is 9.84 Å². The summed E-state index contributed by atoms with van der Waals surface area (Å²) in [6.45, 7) is 3.14. The summed E-state index contributed by atoms with van der Waals surface area (Å²) in [5.74, 6) is -1.97. The predicted octanol–water partition coefficient (Wildman–Crippen LogP) is 1.59. The zero-order chi connectivity index (χ0) is 24.0. The number of likely N-dealkylation sites (tertiary alicyclic amines) is 1. The molecular weight excluding hydrogens is 449 g/mol. The number of ether oxygens (including phenoxy) is 1. The number of benzene rings is 1. The van der Waals surface area contributed by atoms with Gasteiger partial charge in [-0.05, 0) is 18.1 Å². The first kappa shape index (κ1) is 25.2. The molecule has 0 saturated carbocycles. The third-order valence-electron chi connectivity index (χ3n) is 6.10. The number of halogens is 1. The number of carbonyl (C=O) groups excluding carboxylic acids is 2. The highest BCUT2D eigenvalue weighted by Crippen LogP contribution is 2.31. The van der Waals surface area contributed by atoms with E-state index in [9.17, 15) is 18.8 Å². The molecule has 1 aromatic rings. The van der Waals surface area contributed by atoms with Gasteiger partial charge < -0.3 is 14.7 Å². The average Bonchev–Trinajstić information content (AvgIpc) is 2.79. The average molecular weight is 480 g/mol. The summed E-state index contributed by atoms with van der Waals surface area (Å²) in [5, 5.41) is 8.82. The van der Waals surface area contributed by atoms with Gasteiger partial charge in [-0.3, -0.25) is 19.4 Å². The maximum Gasteiger partial charge on any atom is 0.327 e. The lowest BCUT2D eigenvalue weighted by Gasteiger charge is -2.37. The summed E-state index contributed by atoms with van der Waals surface area (Å²) in [7, 11) is 1.30. The SMILES string of the molecule is COC(=O)C(c1ccccc1F)N1CCC(S)/C(=C/CN2CCN(CCC(=O)O)C(=O)C2)C1. The van der Waals surface area contributed by atoms with Crippen LogP contribution in [0.25, 0.3) is 0 Å². The quantitative estimate of drug-likeness (QED) is 0.333. The number of hydrogen-bond acceptors (Lipinski definition) is 7. The molecule has 2 atom stereocenters. The molecule has 2 unspecified atom stereocenters. The van der Waals surface area contributed by atoms with E-state index >= 15 is 0 Å². The van der Waals surface area contributed by atoms with Crippen molar-refractivity contribution >= 4 is 30.5 Å². The fourth-order valence-electron chi connectivity index (χ4n) is 4.22. The maximum atomic E-state index is 14.5. The number of piperidine rings is 1. The topological polar surface area (TPSA) is 90.4 Å². The number of carbonyl (C=O) groups is 3. The Morgan fingerprint density at radius 1 is 1.27 bits per heavy atom. The van der Waals surface area contributed by atoms with Crippen LogP contribution >= 0.6 is 12.6 Å². The Kier molecular flexibility index (Phi) is 8.87. The van der Waals surface area contributed by atoms with Gasteiger partial charge in [0.2, 0.25) is 5.91 Å². The standard InChI is InChI=1S/C23H30FN3O5S/c1-32-23(31)22(17-4-2-3-5-18(17)24)27-10-7-19(33)16(14-27)6-9-25-12-13-26(20(28)15-25)11-8-21(29)30/h2-6,19,22,33H,7-15H2,1H3,(H,29,30)/b16-6+. The molecule has 33 heavy (non-hydrogen) atoms. The Balaban J connectivity index is 1.66. The van der Waals surface area contributed by atoms with Crippen LogP contribution in [-0.2, 0) is 19.1 Å². The zero-order valence-electron chi connectivity index (χ0n) is 18.7. The van der Waals surface area contributed by atoms with Crippen molar-refractivity contribution in [2.45, 2.75) is 24.1 Å². The Morgan fingerprint density at radius 2 is 2.03 bits per heavy atom. The molecule has 180 valence electrons. The normalized spacial score (nSPS) is 22.4. The summed E-state index contributed by atoms with van der Waals surface area (Å²) in [4.78, 5) is 41.1. The number of carboxylic acids is 1. The fraction of sp³-hybridized carbons (Fsp3) is 0.522. The molecule has 1 amide bonds. The van der Waals surface area contributed by atoms with Gasteiger partial charge in [-0.2, -0.15) is 12.6 Å². The third-order valence-corrected chi connectivity index (χ3v) is 6.69. The van der Waals surface area contributed by atoms with E-state index in [0.717, 1.165) is 5.57 Å². The number of carboxylic acid groups (broad SMARTS) is 1. The lowest BCUT2D eigenvalue weighted by Crippen LogP contribution is -2.50. The van der Waals surface area contributed by atoms with Crippen LogP contribution in [0.2, 0.25) is 0 Å².